The van der Waals surface area contributed by atoms with Crippen LogP contribution < -0.4 is 21.7 Å². The Morgan fingerprint density at radius 1 is 0.838 bits per heavy atom. The van der Waals surface area contributed by atoms with E-state index in [1.54, 1.807) is 0 Å². The zero-order valence-corrected chi connectivity index (χ0v) is 19.8. The molecule has 15 nitrogen and oxygen atoms in total. The van der Waals surface area contributed by atoms with Crippen molar-refractivity contribution in [2.45, 2.75) is 62.9 Å². The monoisotopic (exact) mass is 526 g/mol. The van der Waals surface area contributed by atoms with Crippen LogP contribution in [0.1, 0.15) is 31.7 Å². The van der Waals surface area contributed by atoms with E-state index in [1.165, 1.54) is 24.3 Å². The molecule has 0 spiro atoms. The van der Waals surface area contributed by atoms with Crippen molar-refractivity contribution in [2.75, 3.05) is 0 Å². The molecule has 204 valence electrons. The summed E-state index contributed by atoms with van der Waals surface area (Å²) in [4.78, 5) is 71.0. The summed E-state index contributed by atoms with van der Waals surface area (Å²) in [5.74, 6) is -7.46. The van der Waals surface area contributed by atoms with Crippen LogP contribution in [-0.2, 0) is 35.2 Å². The number of aliphatic hydroxyl groups excluding tert-OH is 1. The third-order valence-electron chi connectivity index (χ3n) is 5.07. The number of amides is 3. The van der Waals surface area contributed by atoms with E-state index >= 15 is 0 Å². The van der Waals surface area contributed by atoms with Crippen molar-refractivity contribution in [1.82, 2.24) is 16.0 Å². The Morgan fingerprint density at radius 3 is 1.89 bits per heavy atom. The van der Waals surface area contributed by atoms with Crippen LogP contribution in [0.3, 0.4) is 0 Å². The molecule has 0 aliphatic rings. The van der Waals surface area contributed by atoms with Crippen molar-refractivity contribution in [3.05, 3.63) is 29.8 Å². The smallest absolute Gasteiger partial charge is 0.326 e. The molecule has 0 saturated carbocycles. The van der Waals surface area contributed by atoms with Crippen molar-refractivity contribution >= 4 is 35.6 Å². The maximum Gasteiger partial charge on any atom is 0.326 e. The second-order valence-electron chi connectivity index (χ2n) is 8.19. The molecule has 0 fully saturated rings. The van der Waals surface area contributed by atoms with Gasteiger partial charge in [0, 0.05) is 12.8 Å². The minimum absolute atomic E-state index is 0.0651. The van der Waals surface area contributed by atoms with Crippen molar-refractivity contribution in [3.8, 4) is 5.75 Å². The lowest BCUT2D eigenvalue weighted by Gasteiger charge is -2.26. The molecule has 0 heterocycles. The number of carboxylic acid groups (broad SMARTS) is 3. The molecule has 0 saturated heterocycles. The quantitative estimate of drug-likeness (QED) is 0.115. The van der Waals surface area contributed by atoms with Crippen LogP contribution >= 0.6 is 0 Å². The SMILES string of the molecule is CC(O)C(NC(=O)C(Cc1ccc(O)cc1)NC(=O)C(N)CCC(=O)O)C(=O)NC(CC(=O)O)C(=O)O. The zero-order valence-electron chi connectivity index (χ0n) is 19.8. The maximum absolute atomic E-state index is 13.0. The van der Waals surface area contributed by atoms with Crippen molar-refractivity contribution in [1.29, 1.82) is 0 Å². The fourth-order valence-corrected chi connectivity index (χ4v) is 3.06. The molecule has 0 bridgehead atoms. The number of phenols is 1. The largest absolute Gasteiger partial charge is 0.508 e. The molecule has 1 aromatic carbocycles. The summed E-state index contributed by atoms with van der Waals surface area (Å²) in [6.07, 6.45) is -3.34. The van der Waals surface area contributed by atoms with Crippen LogP contribution in [0.2, 0.25) is 0 Å². The number of nitrogens with two attached hydrogens (primary N) is 1. The van der Waals surface area contributed by atoms with Gasteiger partial charge in [0.15, 0.2) is 0 Å². The molecule has 0 aromatic heterocycles. The number of aromatic hydroxyl groups is 1. The summed E-state index contributed by atoms with van der Waals surface area (Å²) in [5, 5.41) is 52.7. The fraction of sp³-hybridized carbons (Fsp3) is 0.455. The molecule has 0 aliphatic carbocycles. The molecule has 10 N–H and O–H groups in total. The highest BCUT2D eigenvalue weighted by molar-refractivity contribution is 5.95. The third-order valence-corrected chi connectivity index (χ3v) is 5.07. The van der Waals surface area contributed by atoms with Gasteiger partial charge in [0.1, 0.15) is 23.9 Å². The van der Waals surface area contributed by atoms with Gasteiger partial charge in [0.25, 0.3) is 0 Å². The standard InChI is InChI=1S/C22H30N4O11/c1-10(27)18(21(35)25-15(22(36)37)9-17(31)32)26-20(34)14(8-11-2-4-12(28)5-3-11)24-19(33)13(23)6-7-16(29)30/h2-5,10,13-15,18,27-28H,6-9,23H2,1H3,(H,24,33)(H,25,35)(H,26,34)(H,29,30)(H,31,32)(H,36,37). The zero-order chi connectivity index (χ0) is 28.3. The lowest BCUT2D eigenvalue weighted by Crippen LogP contribution is -2.60. The molecule has 3 amide bonds. The fourth-order valence-electron chi connectivity index (χ4n) is 3.06. The Balaban J connectivity index is 3.10. The first-order valence-corrected chi connectivity index (χ1v) is 11.0. The number of rotatable bonds is 15. The van der Waals surface area contributed by atoms with Gasteiger partial charge in [0.05, 0.1) is 18.6 Å². The normalized spacial score (nSPS) is 14.8. The minimum Gasteiger partial charge on any atom is -0.508 e. The van der Waals surface area contributed by atoms with Crippen molar-refractivity contribution in [3.63, 3.8) is 0 Å². The minimum atomic E-state index is -1.84. The van der Waals surface area contributed by atoms with Gasteiger partial charge in [-0.05, 0) is 31.0 Å². The molecule has 0 aliphatic heterocycles. The van der Waals surface area contributed by atoms with Crippen molar-refractivity contribution < 1.29 is 54.3 Å². The van der Waals surface area contributed by atoms with Crippen LogP contribution in [0.4, 0.5) is 0 Å². The van der Waals surface area contributed by atoms with Gasteiger partial charge in [-0.3, -0.25) is 24.0 Å². The van der Waals surface area contributed by atoms with Crippen LogP contribution in [0.25, 0.3) is 0 Å². The molecule has 1 rings (SSSR count). The molecule has 0 radical (unpaired) electrons. The van der Waals surface area contributed by atoms with E-state index in [4.69, 9.17) is 21.1 Å². The highest BCUT2D eigenvalue weighted by atomic mass is 16.4. The first-order chi connectivity index (χ1) is 17.2. The Kier molecular flexibility index (Phi) is 11.9. The van der Waals surface area contributed by atoms with Crippen LogP contribution in [0.15, 0.2) is 24.3 Å². The highest BCUT2D eigenvalue weighted by Gasteiger charge is 2.33. The second-order valence-corrected chi connectivity index (χ2v) is 8.19. The van der Waals surface area contributed by atoms with E-state index in [-0.39, 0.29) is 18.6 Å². The maximum atomic E-state index is 13.0. The second kappa shape index (κ2) is 14.4. The van der Waals surface area contributed by atoms with E-state index < -0.39 is 78.7 Å². The van der Waals surface area contributed by atoms with Gasteiger partial charge in [-0.2, -0.15) is 0 Å². The Morgan fingerprint density at radius 2 is 1.41 bits per heavy atom. The Hall–Kier alpha value is -4.24. The Labute approximate surface area is 210 Å². The number of nitrogens with one attached hydrogen (secondary N) is 3. The number of phenolic OH excluding ortho intramolecular Hbond substituents is 1. The van der Waals surface area contributed by atoms with Crippen LogP contribution in [0.5, 0.6) is 5.75 Å². The van der Waals surface area contributed by atoms with Gasteiger partial charge in [-0.25, -0.2) is 4.79 Å². The number of carbonyl (C=O) groups is 6. The average molecular weight is 526 g/mol. The van der Waals surface area contributed by atoms with Gasteiger partial charge in [-0.15, -0.1) is 0 Å². The van der Waals surface area contributed by atoms with Crippen molar-refractivity contribution in [2.24, 2.45) is 5.73 Å². The molecule has 1 aromatic rings. The molecule has 5 atom stereocenters. The molecular weight excluding hydrogens is 496 g/mol. The van der Waals surface area contributed by atoms with E-state index in [1.807, 2.05) is 5.32 Å². The summed E-state index contributed by atoms with van der Waals surface area (Å²) in [6.45, 7) is 1.12. The van der Waals surface area contributed by atoms with Gasteiger partial charge >= 0.3 is 17.9 Å². The molecular formula is C22H30N4O11. The molecule has 5 unspecified atom stereocenters. The summed E-state index contributed by atoms with van der Waals surface area (Å²) in [7, 11) is 0. The van der Waals surface area contributed by atoms with E-state index in [2.05, 4.69) is 10.6 Å². The summed E-state index contributed by atoms with van der Waals surface area (Å²) in [6, 6.07) is -0.698. The van der Waals surface area contributed by atoms with Crippen LogP contribution in [0, 0.1) is 0 Å². The topological polar surface area (TPSA) is 266 Å². The highest BCUT2D eigenvalue weighted by Crippen LogP contribution is 2.12. The number of carbonyl (C=O) groups excluding carboxylic acids is 3. The van der Waals surface area contributed by atoms with Gasteiger partial charge in [-0.1, -0.05) is 12.1 Å². The number of benzene rings is 1. The molecule has 37 heavy (non-hydrogen) atoms. The number of hydrogen-bond donors (Lipinski definition) is 9. The first kappa shape index (κ1) is 30.8. The van der Waals surface area contributed by atoms with Gasteiger partial charge < -0.3 is 47.2 Å². The first-order valence-electron chi connectivity index (χ1n) is 11.0. The predicted molar refractivity (Wildman–Crippen MR) is 124 cm³/mol. The lowest BCUT2D eigenvalue weighted by atomic mass is 10.0. The van der Waals surface area contributed by atoms with Crippen LogP contribution in [-0.4, -0.2) is 91.4 Å². The third kappa shape index (κ3) is 10.9. The number of hydrogen-bond acceptors (Lipinski definition) is 9. The van der Waals surface area contributed by atoms with E-state index in [9.17, 15) is 39.0 Å². The van der Waals surface area contributed by atoms with E-state index in [0.29, 0.717) is 5.56 Å². The van der Waals surface area contributed by atoms with Gasteiger partial charge in [0.2, 0.25) is 17.7 Å². The number of carboxylic acids is 3. The van der Waals surface area contributed by atoms with E-state index in [0.717, 1.165) is 6.92 Å². The lowest BCUT2D eigenvalue weighted by molar-refractivity contribution is -0.148. The Bertz CT molecular complexity index is 997. The number of aliphatic hydroxyl groups is 1. The summed E-state index contributed by atoms with van der Waals surface area (Å²) >= 11 is 0. The summed E-state index contributed by atoms with van der Waals surface area (Å²) < 4.78 is 0. The number of aliphatic carboxylic acids is 3. The summed E-state index contributed by atoms with van der Waals surface area (Å²) in [5.41, 5.74) is 6.16. The predicted octanol–water partition coefficient (Wildman–Crippen LogP) is -2.48. The average Bonchev–Trinajstić information content (AvgIpc) is 2.80. The molecule has 15 heteroatoms.